The number of allylic oxidation sites excluding steroid dienone is 2. The molecule has 1 nitrogen and oxygen atoms in total. The standard InChI is InChI=1S/C9H12N/c10-8-4-7-9-5-2-1-3-6-9/h2,4,7,9H,1,3,5-6H2/b7-4+. The van der Waals surface area contributed by atoms with E-state index in [1.807, 2.05) is 12.1 Å². The van der Waals surface area contributed by atoms with Crippen molar-refractivity contribution >= 4 is 0 Å². The van der Waals surface area contributed by atoms with E-state index in [2.05, 4.69) is 6.42 Å². The van der Waals surface area contributed by atoms with E-state index in [1.54, 1.807) is 6.08 Å². The summed E-state index contributed by atoms with van der Waals surface area (Å²) in [6.45, 7) is 0. The fraction of sp³-hybridized carbons (Fsp3) is 0.556. The first-order valence-corrected chi connectivity index (χ1v) is 3.81. The molecule has 1 saturated carbocycles. The van der Waals surface area contributed by atoms with E-state index in [9.17, 15) is 0 Å². The van der Waals surface area contributed by atoms with Crippen molar-refractivity contribution in [2.45, 2.75) is 25.7 Å². The van der Waals surface area contributed by atoms with E-state index in [1.165, 1.54) is 19.3 Å². The molecule has 1 aliphatic carbocycles. The predicted molar refractivity (Wildman–Crippen MR) is 41.0 cm³/mol. The van der Waals surface area contributed by atoms with Gasteiger partial charge in [0, 0.05) is 6.08 Å². The van der Waals surface area contributed by atoms with Crippen molar-refractivity contribution in [3.05, 3.63) is 18.6 Å². The smallest absolute Gasteiger partial charge is 0.0908 e. The van der Waals surface area contributed by atoms with Crippen molar-refractivity contribution in [3.8, 4) is 6.07 Å². The fourth-order valence-corrected chi connectivity index (χ4v) is 1.33. The van der Waals surface area contributed by atoms with E-state index < -0.39 is 0 Å². The van der Waals surface area contributed by atoms with E-state index in [4.69, 9.17) is 5.26 Å². The van der Waals surface area contributed by atoms with Crippen molar-refractivity contribution in [2.75, 3.05) is 0 Å². The summed E-state index contributed by atoms with van der Waals surface area (Å²) in [5, 5.41) is 8.25. The first-order valence-electron chi connectivity index (χ1n) is 3.81. The third-order valence-corrected chi connectivity index (χ3v) is 1.90. The predicted octanol–water partition coefficient (Wildman–Crippen LogP) is 2.46. The second-order valence-electron chi connectivity index (χ2n) is 2.70. The Labute approximate surface area is 62.4 Å². The minimum Gasteiger partial charge on any atom is -0.193 e. The zero-order valence-electron chi connectivity index (χ0n) is 6.09. The summed E-state index contributed by atoms with van der Waals surface area (Å²) in [7, 11) is 0. The Morgan fingerprint density at radius 3 is 3.10 bits per heavy atom. The van der Waals surface area contributed by atoms with Crippen molar-refractivity contribution in [2.24, 2.45) is 5.92 Å². The molecule has 0 bridgehead atoms. The van der Waals surface area contributed by atoms with Crippen LogP contribution in [0, 0.1) is 23.7 Å². The van der Waals surface area contributed by atoms with Crippen LogP contribution < -0.4 is 0 Å². The highest BCUT2D eigenvalue weighted by atomic mass is 14.2. The molecule has 1 rings (SSSR count). The van der Waals surface area contributed by atoms with Crippen LogP contribution >= 0.6 is 0 Å². The minimum atomic E-state index is 0.647. The lowest BCUT2D eigenvalue weighted by atomic mass is 9.89. The number of nitriles is 1. The van der Waals surface area contributed by atoms with Gasteiger partial charge in [0.2, 0.25) is 0 Å². The number of hydrogen-bond acceptors (Lipinski definition) is 1. The molecule has 0 spiro atoms. The number of nitrogens with zero attached hydrogens (tertiary/aromatic N) is 1. The van der Waals surface area contributed by atoms with Crippen LogP contribution in [-0.4, -0.2) is 0 Å². The molecule has 1 heteroatoms. The Hall–Kier alpha value is -0.770. The van der Waals surface area contributed by atoms with Crippen LogP contribution in [0.25, 0.3) is 0 Å². The molecule has 0 heterocycles. The summed E-state index contributed by atoms with van der Waals surface area (Å²) in [5.74, 6) is 0.647. The van der Waals surface area contributed by atoms with Gasteiger partial charge >= 0.3 is 0 Å². The van der Waals surface area contributed by atoms with Crippen LogP contribution in [0.4, 0.5) is 0 Å². The van der Waals surface area contributed by atoms with E-state index >= 15 is 0 Å². The van der Waals surface area contributed by atoms with E-state index in [0.29, 0.717) is 5.92 Å². The van der Waals surface area contributed by atoms with Gasteiger partial charge in [0.25, 0.3) is 0 Å². The first-order chi connectivity index (χ1) is 4.93. The Morgan fingerprint density at radius 2 is 2.50 bits per heavy atom. The van der Waals surface area contributed by atoms with Gasteiger partial charge in [0.15, 0.2) is 0 Å². The summed E-state index contributed by atoms with van der Waals surface area (Å²) in [5.41, 5.74) is 0. The molecule has 1 aliphatic rings. The number of rotatable bonds is 1. The van der Waals surface area contributed by atoms with E-state index in [-0.39, 0.29) is 0 Å². The summed E-state index contributed by atoms with van der Waals surface area (Å²) < 4.78 is 0. The summed E-state index contributed by atoms with van der Waals surface area (Å²) in [6.07, 6.45) is 10.9. The third kappa shape index (κ3) is 2.23. The molecule has 1 radical (unpaired) electrons. The summed E-state index contributed by atoms with van der Waals surface area (Å²) in [4.78, 5) is 0. The molecule has 0 aliphatic heterocycles. The molecule has 0 aromatic rings. The van der Waals surface area contributed by atoms with Gasteiger partial charge < -0.3 is 0 Å². The lowest BCUT2D eigenvalue weighted by Crippen LogP contribution is -2.02. The molecule has 0 saturated heterocycles. The van der Waals surface area contributed by atoms with Gasteiger partial charge in [0.05, 0.1) is 6.07 Å². The molecule has 10 heavy (non-hydrogen) atoms. The fourth-order valence-electron chi connectivity index (χ4n) is 1.33. The molecule has 1 fully saturated rings. The van der Waals surface area contributed by atoms with Crippen LogP contribution in [0.1, 0.15) is 25.7 Å². The largest absolute Gasteiger partial charge is 0.193 e. The van der Waals surface area contributed by atoms with E-state index in [0.717, 1.165) is 6.42 Å². The maximum atomic E-state index is 8.25. The molecule has 0 amide bonds. The van der Waals surface area contributed by atoms with Crippen molar-refractivity contribution < 1.29 is 0 Å². The average Bonchev–Trinajstić information content (AvgIpc) is 2.03. The van der Waals surface area contributed by atoms with Crippen LogP contribution in [0.2, 0.25) is 0 Å². The molecular weight excluding hydrogens is 122 g/mol. The van der Waals surface area contributed by atoms with Crippen LogP contribution in [0.3, 0.4) is 0 Å². The zero-order chi connectivity index (χ0) is 7.23. The SMILES string of the molecule is N#C/C=C/C1C[CH]CCC1. The molecule has 0 N–H and O–H groups in total. The zero-order valence-corrected chi connectivity index (χ0v) is 6.09. The Kier molecular flexibility index (Phi) is 3.02. The van der Waals surface area contributed by atoms with Gasteiger partial charge in [-0.15, -0.1) is 0 Å². The summed E-state index contributed by atoms with van der Waals surface area (Å²) >= 11 is 0. The quantitative estimate of drug-likeness (QED) is 0.505. The van der Waals surface area contributed by atoms with Crippen molar-refractivity contribution in [1.82, 2.24) is 0 Å². The van der Waals surface area contributed by atoms with Crippen LogP contribution in [0.15, 0.2) is 12.2 Å². The second kappa shape index (κ2) is 4.11. The Bertz CT molecular complexity index is 147. The van der Waals surface area contributed by atoms with Gasteiger partial charge in [-0.05, 0) is 25.2 Å². The summed E-state index contributed by atoms with van der Waals surface area (Å²) in [6, 6.07) is 2.02. The Morgan fingerprint density at radius 1 is 1.60 bits per heavy atom. The van der Waals surface area contributed by atoms with Crippen LogP contribution in [-0.2, 0) is 0 Å². The van der Waals surface area contributed by atoms with Gasteiger partial charge in [-0.1, -0.05) is 18.9 Å². The highest BCUT2D eigenvalue weighted by molar-refractivity contribution is 5.05. The molecule has 1 unspecified atom stereocenters. The lowest BCUT2D eigenvalue weighted by molar-refractivity contribution is 0.490. The molecular formula is C9H12N. The number of hydrogen-bond donors (Lipinski definition) is 0. The first kappa shape index (κ1) is 7.34. The Balaban J connectivity index is 2.27. The topological polar surface area (TPSA) is 23.8 Å². The lowest BCUT2D eigenvalue weighted by Gasteiger charge is -2.16. The third-order valence-electron chi connectivity index (χ3n) is 1.90. The second-order valence-corrected chi connectivity index (χ2v) is 2.70. The maximum Gasteiger partial charge on any atom is 0.0908 e. The van der Waals surface area contributed by atoms with Crippen molar-refractivity contribution in [1.29, 1.82) is 5.26 Å². The van der Waals surface area contributed by atoms with Gasteiger partial charge in [0.1, 0.15) is 0 Å². The minimum absolute atomic E-state index is 0.647. The molecule has 0 aromatic heterocycles. The van der Waals surface area contributed by atoms with Gasteiger partial charge in [-0.2, -0.15) is 5.26 Å². The highest BCUT2D eigenvalue weighted by Crippen LogP contribution is 2.23. The normalized spacial score (nSPS) is 21.1. The highest BCUT2D eigenvalue weighted by Gasteiger charge is 2.09. The maximum absolute atomic E-state index is 8.25. The van der Waals surface area contributed by atoms with Gasteiger partial charge in [-0.3, -0.25) is 0 Å². The molecule has 0 aromatic carbocycles. The van der Waals surface area contributed by atoms with Gasteiger partial charge in [-0.25, -0.2) is 0 Å². The average molecular weight is 134 g/mol. The molecule has 53 valence electrons. The monoisotopic (exact) mass is 134 g/mol. The molecule has 1 atom stereocenters. The van der Waals surface area contributed by atoms with Crippen molar-refractivity contribution in [3.63, 3.8) is 0 Å². The van der Waals surface area contributed by atoms with Crippen LogP contribution in [0.5, 0.6) is 0 Å².